The molecule has 2 rings (SSSR count). The normalized spacial score (nSPS) is 10.5. The molecule has 0 atom stereocenters. The van der Waals surface area contributed by atoms with Crippen LogP contribution in [0.25, 0.3) is 10.9 Å². The van der Waals surface area contributed by atoms with Gasteiger partial charge in [0.15, 0.2) is 5.82 Å². The molecule has 0 aliphatic heterocycles. The lowest BCUT2D eigenvalue weighted by molar-refractivity contribution is 0.890. The smallest absolute Gasteiger partial charge is 0.220 e. The number of hydrogen-bond acceptors (Lipinski definition) is 6. The third-order valence-corrected chi connectivity index (χ3v) is 2.12. The molecule has 0 bridgehead atoms. The Morgan fingerprint density at radius 2 is 2.18 bits per heavy atom. The summed E-state index contributed by atoms with van der Waals surface area (Å²) in [6.45, 7) is 3.97. The fourth-order valence-electron chi connectivity index (χ4n) is 1.48. The van der Waals surface area contributed by atoms with Gasteiger partial charge in [-0.1, -0.05) is 0 Å². The third kappa shape index (κ3) is 2.23. The Kier molecular flexibility index (Phi) is 2.75. The summed E-state index contributed by atoms with van der Waals surface area (Å²) >= 11 is 0. The van der Waals surface area contributed by atoms with Gasteiger partial charge in [-0.3, -0.25) is 0 Å². The standard InChI is InChI=1S/C11H12N6/c1-6(2)15-10-9-7(3-8(4-12)16-10)5-14-11(13)17-9/h3,5-6H,1-2H3,(H,15,16)(H2,13,14,17). The fourth-order valence-corrected chi connectivity index (χ4v) is 1.48. The number of nitrogens with two attached hydrogens (primary N) is 1. The molecule has 0 spiro atoms. The summed E-state index contributed by atoms with van der Waals surface area (Å²) in [5, 5.41) is 12.8. The summed E-state index contributed by atoms with van der Waals surface area (Å²) in [5.74, 6) is 0.749. The van der Waals surface area contributed by atoms with Crippen LogP contribution >= 0.6 is 0 Å². The lowest BCUT2D eigenvalue weighted by Crippen LogP contribution is -2.12. The van der Waals surface area contributed by atoms with Crippen molar-refractivity contribution in [2.24, 2.45) is 0 Å². The zero-order chi connectivity index (χ0) is 12.4. The van der Waals surface area contributed by atoms with E-state index in [1.807, 2.05) is 19.9 Å². The molecule has 0 aliphatic rings. The number of fused-ring (bicyclic) bond motifs is 1. The van der Waals surface area contributed by atoms with Crippen molar-refractivity contribution < 1.29 is 0 Å². The van der Waals surface area contributed by atoms with Crippen molar-refractivity contribution >= 4 is 22.7 Å². The lowest BCUT2D eigenvalue weighted by Gasteiger charge is -2.11. The molecule has 3 N–H and O–H groups in total. The van der Waals surface area contributed by atoms with Crippen LogP contribution in [0, 0.1) is 11.3 Å². The average Bonchev–Trinajstić information content (AvgIpc) is 2.28. The Labute approximate surface area is 98.5 Å². The van der Waals surface area contributed by atoms with E-state index in [1.165, 1.54) is 0 Å². The van der Waals surface area contributed by atoms with Crippen LogP contribution in [0.3, 0.4) is 0 Å². The first-order valence-corrected chi connectivity index (χ1v) is 5.20. The van der Waals surface area contributed by atoms with E-state index in [-0.39, 0.29) is 12.0 Å². The molecule has 6 nitrogen and oxygen atoms in total. The SMILES string of the molecule is CC(C)Nc1nc(C#N)cc2cnc(N)nc12. The van der Waals surface area contributed by atoms with Gasteiger partial charge in [0.05, 0.1) is 0 Å². The summed E-state index contributed by atoms with van der Waals surface area (Å²) in [7, 11) is 0. The predicted molar refractivity (Wildman–Crippen MR) is 65.2 cm³/mol. The number of rotatable bonds is 2. The van der Waals surface area contributed by atoms with Gasteiger partial charge in [0, 0.05) is 17.6 Å². The number of nitrogens with zero attached hydrogens (tertiary/aromatic N) is 4. The third-order valence-electron chi connectivity index (χ3n) is 2.12. The molecule has 2 aromatic rings. The van der Waals surface area contributed by atoms with Gasteiger partial charge < -0.3 is 11.1 Å². The average molecular weight is 228 g/mol. The minimum atomic E-state index is 0.191. The summed E-state index contributed by atoms with van der Waals surface area (Å²) in [4.78, 5) is 12.2. The molecular formula is C11H12N6. The Hall–Kier alpha value is -2.42. The Bertz CT molecular complexity index is 599. The van der Waals surface area contributed by atoms with E-state index < -0.39 is 0 Å². The first kappa shape index (κ1) is 11.1. The Balaban J connectivity index is 2.68. The highest BCUT2D eigenvalue weighted by molar-refractivity contribution is 5.89. The van der Waals surface area contributed by atoms with Crippen LogP contribution in [0.15, 0.2) is 12.3 Å². The molecule has 0 radical (unpaired) electrons. The molecule has 0 aliphatic carbocycles. The van der Waals surface area contributed by atoms with E-state index in [4.69, 9.17) is 11.0 Å². The molecule has 0 unspecified atom stereocenters. The number of hydrogen-bond donors (Lipinski definition) is 2. The van der Waals surface area contributed by atoms with E-state index in [0.29, 0.717) is 17.0 Å². The van der Waals surface area contributed by atoms with Crippen LogP contribution < -0.4 is 11.1 Å². The number of aromatic nitrogens is 3. The zero-order valence-electron chi connectivity index (χ0n) is 9.60. The maximum atomic E-state index is 8.90. The first-order chi connectivity index (χ1) is 8.10. The van der Waals surface area contributed by atoms with Crippen LogP contribution in [0.4, 0.5) is 11.8 Å². The number of nitriles is 1. The zero-order valence-corrected chi connectivity index (χ0v) is 9.60. The highest BCUT2D eigenvalue weighted by Crippen LogP contribution is 2.21. The highest BCUT2D eigenvalue weighted by atomic mass is 15.1. The number of nitrogen functional groups attached to an aromatic ring is 1. The first-order valence-electron chi connectivity index (χ1n) is 5.20. The van der Waals surface area contributed by atoms with Crippen LogP contribution in [-0.4, -0.2) is 21.0 Å². The van der Waals surface area contributed by atoms with Crippen LogP contribution in [0.1, 0.15) is 19.5 Å². The maximum absolute atomic E-state index is 8.90. The number of pyridine rings is 1. The van der Waals surface area contributed by atoms with Crippen LogP contribution in [0.5, 0.6) is 0 Å². The number of anilines is 2. The molecule has 0 saturated carbocycles. The van der Waals surface area contributed by atoms with Crippen molar-refractivity contribution in [1.29, 1.82) is 5.26 Å². The highest BCUT2D eigenvalue weighted by Gasteiger charge is 2.09. The fraction of sp³-hybridized carbons (Fsp3) is 0.273. The van der Waals surface area contributed by atoms with Gasteiger partial charge in [-0.2, -0.15) is 5.26 Å². The molecule has 0 saturated heterocycles. The molecule has 6 heteroatoms. The van der Waals surface area contributed by atoms with Gasteiger partial charge in [0.25, 0.3) is 0 Å². The topological polar surface area (TPSA) is 101 Å². The number of nitrogens with one attached hydrogen (secondary N) is 1. The van der Waals surface area contributed by atoms with Crippen LogP contribution in [-0.2, 0) is 0 Å². The van der Waals surface area contributed by atoms with E-state index in [1.54, 1.807) is 12.3 Å². The van der Waals surface area contributed by atoms with Gasteiger partial charge in [-0.25, -0.2) is 15.0 Å². The van der Waals surface area contributed by atoms with Crippen molar-refractivity contribution in [3.8, 4) is 6.07 Å². The van der Waals surface area contributed by atoms with Gasteiger partial charge in [0.2, 0.25) is 5.95 Å². The summed E-state index contributed by atoms with van der Waals surface area (Å²) in [5.41, 5.74) is 6.51. The Morgan fingerprint density at radius 3 is 2.82 bits per heavy atom. The minimum absolute atomic E-state index is 0.191. The maximum Gasteiger partial charge on any atom is 0.220 e. The van der Waals surface area contributed by atoms with Crippen molar-refractivity contribution in [2.45, 2.75) is 19.9 Å². The molecule has 2 aromatic heterocycles. The van der Waals surface area contributed by atoms with Gasteiger partial charge in [-0.05, 0) is 19.9 Å². The van der Waals surface area contributed by atoms with Gasteiger partial charge >= 0.3 is 0 Å². The van der Waals surface area contributed by atoms with Gasteiger partial charge in [0.1, 0.15) is 17.3 Å². The van der Waals surface area contributed by atoms with Crippen molar-refractivity contribution in [3.63, 3.8) is 0 Å². The molecule has 86 valence electrons. The van der Waals surface area contributed by atoms with E-state index in [9.17, 15) is 0 Å². The van der Waals surface area contributed by atoms with E-state index in [2.05, 4.69) is 20.3 Å². The monoisotopic (exact) mass is 228 g/mol. The predicted octanol–water partition coefficient (Wildman–Crippen LogP) is 1.30. The van der Waals surface area contributed by atoms with Crippen molar-refractivity contribution in [1.82, 2.24) is 15.0 Å². The minimum Gasteiger partial charge on any atom is -0.368 e. The second-order valence-electron chi connectivity index (χ2n) is 3.93. The molecule has 0 fully saturated rings. The van der Waals surface area contributed by atoms with Crippen LogP contribution in [0.2, 0.25) is 0 Å². The van der Waals surface area contributed by atoms with Crippen molar-refractivity contribution in [3.05, 3.63) is 18.0 Å². The summed E-state index contributed by atoms with van der Waals surface area (Å²) < 4.78 is 0. The quantitative estimate of drug-likeness (QED) is 0.803. The second kappa shape index (κ2) is 4.22. The van der Waals surface area contributed by atoms with E-state index >= 15 is 0 Å². The molecular weight excluding hydrogens is 216 g/mol. The molecule has 17 heavy (non-hydrogen) atoms. The van der Waals surface area contributed by atoms with Gasteiger partial charge in [-0.15, -0.1) is 0 Å². The summed E-state index contributed by atoms with van der Waals surface area (Å²) in [6.07, 6.45) is 1.59. The van der Waals surface area contributed by atoms with Crippen molar-refractivity contribution in [2.75, 3.05) is 11.1 Å². The lowest BCUT2D eigenvalue weighted by atomic mass is 10.2. The molecule has 2 heterocycles. The molecule has 0 aromatic carbocycles. The van der Waals surface area contributed by atoms with E-state index in [0.717, 1.165) is 5.39 Å². The second-order valence-corrected chi connectivity index (χ2v) is 3.93. The summed E-state index contributed by atoms with van der Waals surface area (Å²) in [6, 6.07) is 3.84. The largest absolute Gasteiger partial charge is 0.368 e. The Morgan fingerprint density at radius 1 is 1.41 bits per heavy atom. The molecule has 0 amide bonds.